The van der Waals surface area contributed by atoms with Gasteiger partial charge in [0.25, 0.3) is 0 Å². The number of aliphatic hydroxyl groups excluding tert-OH is 1. The van der Waals surface area contributed by atoms with Crippen molar-refractivity contribution in [1.29, 1.82) is 0 Å². The van der Waals surface area contributed by atoms with Crippen LogP contribution in [-0.4, -0.2) is 40.5 Å². The average molecular weight is 402 g/mol. The Morgan fingerprint density at radius 2 is 1.96 bits per heavy atom. The third-order valence-corrected chi connectivity index (χ3v) is 4.89. The van der Waals surface area contributed by atoms with Crippen LogP contribution >= 0.6 is 22.9 Å². The van der Waals surface area contributed by atoms with E-state index < -0.39 is 5.97 Å². The molecule has 0 fully saturated rings. The minimum absolute atomic E-state index is 0.126. The standard InChI is InChI=1S/C19H16ClN3O3S/c20-16-8-4-3-7-15(16)17-12-27-19(22-17)23(9-10-24)21-11-13-5-1-2-6-14(13)18(25)26/h1-8,11-12,24H,9-10H2,(H,25,26)/b21-11+. The molecule has 3 aromatic rings. The maximum absolute atomic E-state index is 11.3. The van der Waals surface area contributed by atoms with Crippen LogP contribution in [0.3, 0.4) is 0 Å². The molecular formula is C19H16ClN3O3S. The summed E-state index contributed by atoms with van der Waals surface area (Å²) in [6.07, 6.45) is 1.45. The van der Waals surface area contributed by atoms with Crippen LogP contribution in [0, 0.1) is 0 Å². The zero-order valence-corrected chi connectivity index (χ0v) is 15.7. The molecule has 0 aliphatic heterocycles. The Balaban J connectivity index is 1.89. The van der Waals surface area contributed by atoms with Crippen molar-refractivity contribution in [3.8, 4) is 11.3 Å². The Labute approximate surface area is 165 Å². The molecule has 2 aromatic carbocycles. The first-order valence-electron chi connectivity index (χ1n) is 8.05. The lowest BCUT2D eigenvalue weighted by molar-refractivity contribution is 0.0696. The molecule has 0 saturated carbocycles. The molecule has 0 aliphatic rings. The third kappa shape index (κ3) is 4.51. The van der Waals surface area contributed by atoms with Crippen molar-refractivity contribution in [2.45, 2.75) is 0 Å². The summed E-state index contributed by atoms with van der Waals surface area (Å²) in [7, 11) is 0. The van der Waals surface area contributed by atoms with Crippen LogP contribution in [0.1, 0.15) is 15.9 Å². The number of halogens is 1. The number of aliphatic hydroxyl groups is 1. The highest BCUT2D eigenvalue weighted by Gasteiger charge is 2.13. The van der Waals surface area contributed by atoms with Crippen LogP contribution in [0.25, 0.3) is 11.3 Å². The van der Waals surface area contributed by atoms with E-state index in [0.29, 0.717) is 21.4 Å². The minimum atomic E-state index is -1.03. The van der Waals surface area contributed by atoms with Gasteiger partial charge in [0.2, 0.25) is 5.13 Å². The third-order valence-electron chi connectivity index (χ3n) is 3.70. The minimum Gasteiger partial charge on any atom is -0.478 e. The molecule has 1 aromatic heterocycles. The van der Waals surface area contributed by atoms with Crippen molar-refractivity contribution in [2.24, 2.45) is 5.10 Å². The van der Waals surface area contributed by atoms with Crippen molar-refractivity contribution in [3.63, 3.8) is 0 Å². The van der Waals surface area contributed by atoms with Crippen LogP contribution in [0.2, 0.25) is 5.02 Å². The molecular weight excluding hydrogens is 386 g/mol. The highest BCUT2D eigenvalue weighted by Crippen LogP contribution is 2.31. The molecule has 0 radical (unpaired) electrons. The summed E-state index contributed by atoms with van der Waals surface area (Å²) in [4.78, 5) is 15.9. The first-order chi connectivity index (χ1) is 13.1. The molecule has 27 heavy (non-hydrogen) atoms. The van der Waals surface area contributed by atoms with Crippen LogP contribution in [0.15, 0.2) is 59.0 Å². The molecule has 0 unspecified atom stereocenters. The summed E-state index contributed by atoms with van der Waals surface area (Å²) < 4.78 is 0. The second kappa shape index (κ2) is 8.77. The second-order valence-corrected chi connectivity index (χ2v) is 6.72. The number of anilines is 1. The molecule has 0 spiro atoms. The Bertz CT molecular complexity index is 974. The number of thiazole rings is 1. The lowest BCUT2D eigenvalue weighted by atomic mass is 10.1. The average Bonchev–Trinajstić information content (AvgIpc) is 3.15. The highest BCUT2D eigenvalue weighted by molar-refractivity contribution is 7.14. The summed E-state index contributed by atoms with van der Waals surface area (Å²) in [5, 5.41) is 27.5. The maximum Gasteiger partial charge on any atom is 0.336 e. The van der Waals surface area contributed by atoms with E-state index in [9.17, 15) is 15.0 Å². The van der Waals surface area contributed by atoms with Gasteiger partial charge in [0.1, 0.15) is 0 Å². The van der Waals surface area contributed by atoms with Gasteiger partial charge in [-0.3, -0.25) is 0 Å². The fourth-order valence-electron chi connectivity index (χ4n) is 2.41. The monoisotopic (exact) mass is 401 g/mol. The SMILES string of the molecule is O=C(O)c1ccccc1/C=N/N(CCO)c1nc(-c2ccccc2Cl)cs1. The number of carbonyl (C=O) groups is 1. The van der Waals surface area contributed by atoms with Crippen molar-refractivity contribution in [2.75, 3.05) is 18.2 Å². The van der Waals surface area contributed by atoms with E-state index in [1.165, 1.54) is 28.6 Å². The van der Waals surface area contributed by atoms with E-state index >= 15 is 0 Å². The molecule has 138 valence electrons. The quantitative estimate of drug-likeness (QED) is 0.461. The van der Waals surface area contributed by atoms with Crippen molar-refractivity contribution in [3.05, 3.63) is 70.1 Å². The number of aromatic carboxylic acids is 1. The van der Waals surface area contributed by atoms with Gasteiger partial charge in [0.15, 0.2) is 0 Å². The predicted molar refractivity (Wildman–Crippen MR) is 108 cm³/mol. The van der Waals surface area contributed by atoms with E-state index in [1.54, 1.807) is 24.3 Å². The molecule has 3 rings (SSSR count). The summed E-state index contributed by atoms with van der Waals surface area (Å²) in [5.41, 5.74) is 2.15. The van der Waals surface area contributed by atoms with Crippen molar-refractivity contribution < 1.29 is 15.0 Å². The van der Waals surface area contributed by atoms with Gasteiger partial charge in [-0.1, -0.05) is 48.0 Å². The molecule has 0 amide bonds. The van der Waals surface area contributed by atoms with E-state index in [0.717, 1.165) is 5.56 Å². The van der Waals surface area contributed by atoms with Crippen LogP contribution in [-0.2, 0) is 0 Å². The number of benzene rings is 2. The van der Waals surface area contributed by atoms with Crippen molar-refractivity contribution in [1.82, 2.24) is 4.98 Å². The number of carboxylic acids is 1. The summed E-state index contributed by atoms with van der Waals surface area (Å²) in [6.45, 7) is 0.0974. The molecule has 0 bridgehead atoms. The topological polar surface area (TPSA) is 86.0 Å². The normalized spacial score (nSPS) is 11.0. The van der Waals surface area contributed by atoms with Gasteiger partial charge >= 0.3 is 5.97 Å². The largest absolute Gasteiger partial charge is 0.478 e. The summed E-state index contributed by atoms with van der Waals surface area (Å²) in [6, 6.07) is 14.0. The fraction of sp³-hybridized carbons (Fsp3) is 0.105. The molecule has 0 atom stereocenters. The molecule has 6 nitrogen and oxygen atoms in total. The van der Waals surface area contributed by atoms with Crippen molar-refractivity contribution >= 4 is 40.3 Å². The predicted octanol–water partition coefficient (Wildman–Crippen LogP) is 3.99. The fourth-order valence-corrected chi connectivity index (χ4v) is 3.45. The Hall–Kier alpha value is -2.74. The lowest BCUT2D eigenvalue weighted by Gasteiger charge is -2.14. The zero-order chi connectivity index (χ0) is 19.2. The molecule has 0 aliphatic carbocycles. The number of hydrazone groups is 1. The summed E-state index contributed by atoms with van der Waals surface area (Å²) in [5.74, 6) is -1.03. The van der Waals surface area contributed by atoms with E-state index in [2.05, 4.69) is 10.1 Å². The van der Waals surface area contributed by atoms with Gasteiger partial charge in [0, 0.05) is 21.5 Å². The van der Waals surface area contributed by atoms with E-state index in [-0.39, 0.29) is 18.7 Å². The first kappa shape index (κ1) is 19.0. The molecule has 8 heteroatoms. The number of hydrogen-bond donors (Lipinski definition) is 2. The van der Waals surface area contributed by atoms with Crippen LogP contribution in [0.4, 0.5) is 5.13 Å². The number of aromatic nitrogens is 1. The summed E-state index contributed by atoms with van der Waals surface area (Å²) >= 11 is 7.58. The molecule has 2 N–H and O–H groups in total. The van der Waals surface area contributed by atoms with Gasteiger partial charge in [-0.2, -0.15) is 5.10 Å². The van der Waals surface area contributed by atoms with Crippen LogP contribution < -0.4 is 5.01 Å². The van der Waals surface area contributed by atoms with E-state index in [4.69, 9.17) is 11.6 Å². The van der Waals surface area contributed by atoms with Gasteiger partial charge in [-0.05, 0) is 12.1 Å². The smallest absolute Gasteiger partial charge is 0.336 e. The Morgan fingerprint density at radius 1 is 1.22 bits per heavy atom. The van der Waals surface area contributed by atoms with Crippen LogP contribution in [0.5, 0.6) is 0 Å². The highest BCUT2D eigenvalue weighted by atomic mass is 35.5. The second-order valence-electron chi connectivity index (χ2n) is 5.48. The maximum atomic E-state index is 11.3. The van der Waals surface area contributed by atoms with Gasteiger partial charge in [-0.15, -0.1) is 11.3 Å². The molecule has 1 heterocycles. The Kier molecular flexibility index (Phi) is 6.18. The number of nitrogens with zero attached hydrogens (tertiary/aromatic N) is 3. The number of rotatable bonds is 7. The Morgan fingerprint density at radius 3 is 2.70 bits per heavy atom. The van der Waals surface area contributed by atoms with E-state index in [1.807, 2.05) is 23.6 Å². The van der Waals surface area contributed by atoms with Gasteiger partial charge < -0.3 is 10.2 Å². The number of carboxylic acid groups (broad SMARTS) is 1. The first-order valence-corrected chi connectivity index (χ1v) is 9.31. The van der Waals surface area contributed by atoms with Gasteiger partial charge in [0.05, 0.1) is 30.6 Å². The molecule has 0 saturated heterocycles. The number of hydrogen-bond acceptors (Lipinski definition) is 6. The zero-order valence-electron chi connectivity index (χ0n) is 14.1. The van der Waals surface area contributed by atoms with Gasteiger partial charge in [-0.25, -0.2) is 14.8 Å². The lowest BCUT2D eigenvalue weighted by Crippen LogP contribution is -2.20.